The molecular weight excluding hydrogens is 619 g/mol. The summed E-state index contributed by atoms with van der Waals surface area (Å²) in [5.74, 6) is -3.23. The maximum atomic E-state index is 14.8. The van der Waals surface area contributed by atoms with E-state index in [9.17, 15) is 28.8 Å². The van der Waals surface area contributed by atoms with Crippen molar-refractivity contribution in [3.8, 4) is 0 Å². The van der Waals surface area contributed by atoms with Crippen LogP contribution >= 0.6 is 7.37 Å². The van der Waals surface area contributed by atoms with Crippen LogP contribution in [0, 0.1) is 17.8 Å². The molecule has 10 nitrogen and oxygen atoms in total. The monoisotopic (exact) mass is 670 g/mol. The van der Waals surface area contributed by atoms with Crippen molar-refractivity contribution in [1.29, 1.82) is 0 Å². The Balaban J connectivity index is 1.82. The summed E-state index contributed by atoms with van der Waals surface area (Å²) in [5, 5.41) is 12.5. The Kier molecular flexibility index (Phi) is 14.7. The summed E-state index contributed by atoms with van der Waals surface area (Å²) in [6, 6.07) is 16.0. The fraction of sp³-hybridized carbons (Fsp3) is 0.556. The lowest BCUT2D eigenvalue weighted by atomic mass is 9.98. The summed E-state index contributed by atoms with van der Waals surface area (Å²) in [4.78, 5) is 52.7. The van der Waals surface area contributed by atoms with Gasteiger partial charge < -0.3 is 20.1 Å². The van der Waals surface area contributed by atoms with Crippen LogP contribution in [0.25, 0.3) is 0 Å². The number of carbonyl (C=O) groups excluding carboxylic acids is 3. The number of carbonyl (C=O) groups is 4. The summed E-state index contributed by atoms with van der Waals surface area (Å²) in [6.45, 7) is 10.0. The van der Waals surface area contributed by atoms with E-state index in [4.69, 9.17) is 9.26 Å². The maximum Gasteiger partial charge on any atom is 0.326 e. The molecule has 0 radical (unpaired) electrons. The molecule has 258 valence electrons. The Bertz CT molecular complexity index is 1400. The van der Waals surface area contributed by atoms with E-state index in [0.717, 1.165) is 11.1 Å². The summed E-state index contributed by atoms with van der Waals surface area (Å²) in [5.41, 5.74) is 2.67. The van der Waals surface area contributed by atoms with Gasteiger partial charge in [-0.05, 0) is 55.2 Å². The first kappa shape index (κ1) is 38.0. The Hall–Kier alpha value is -3.49. The highest BCUT2D eigenvalue weighted by molar-refractivity contribution is 7.59. The van der Waals surface area contributed by atoms with Crippen molar-refractivity contribution in [2.24, 2.45) is 17.8 Å². The fourth-order valence-corrected chi connectivity index (χ4v) is 8.39. The zero-order valence-corrected chi connectivity index (χ0v) is 29.2. The predicted molar refractivity (Wildman–Crippen MR) is 181 cm³/mol. The van der Waals surface area contributed by atoms with Crippen molar-refractivity contribution < 1.29 is 38.1 Å². The van der Waals surface area contributed by atoms with Crippen molar-refractivity contribution in [2.75, 3.05) is 18.9 Å². The Labute approximate surface area is 279 Å². The number of carboxylic acids is 1. The molecule has 0 saturated carbocycles. The number of nitrogens with zero attached hydrogens (tertiary/aromatic N) is 1. The molecule has 11 heteroatoms. The number of benzene rings is 2. The topological polar surface area (TPSA) is 139 Å². The second kappa shape index (κ2) is 18.2. The zero-order valence-electron chi connectivity index (χ0n) is 28.4. The number of hydrogen-bond donors (Lipinski definition) is 2. The number of fused-ring (bicyclic) bond motifs is 1. The van der Waals surface area contributed by atoms with Gasteiger partial charge >= 0.3 is 11.9 Å². The van der Waals surface area contributed by atoms with Crippen LogP contribution in [0.3, 0.4) is 0 Å². The van der Waals surface area contributed by atoms with Crippen LogP contribution in [0.4, 0.5) is 0 Å². The van der Waals surface area contributed by atoms with Crippen LogP contribution in [-0.2, 0) is 41.2 Å². The number of nitrogens with one attached hydrogen (secondary N) is 1. The first-order chi connectivity index (χ1) is 22.3. The van der Waals surface area contributed by atoms with E-state index in [1.54, 1.807) is 25.7 Å². The number of aryl methyl sites for hydroxylation is 1. The quantitative estimate of drug-likeness (QED) is 0.0703. The number of aliphatic carboxylic acids is 1. The number of esters is 1. The third-order valence-corrected chi connectivity index (χ3v) is 10.9. The first-order valence-corrected chi connectivity index (χ1v) is 18.7. The van der Waals surface area contributed by atoms with Crippen molar-refractivity contribution in [2.45, 2.75) is 92.0 Å². The maximum absolute atomic E-state index is 14.8. The van der Waals surface area contributed by atoms with Gasteiger partial charge in [-0.15, -0.1) is 0 Å². The molecule has 2 aromatic carbocycles. The minimum atomic E-state index is -3.65. The summed E-state index contributed by atoms with van der Waals surface area (Å²) < 4.78 is 26.5. The standard InChI is InChI=1S/C36H51N2O8P/c1-6-32(39)45-36(26(4)5)46-47(44,21-13-12-20-38-23-28-16-10-11-17-30(28)34(38)41)24-29(19-18-27-14-8-7-9-15-27)33(40)37-31(35(42)43)22-25(2)3/h7-11,14-17,25-26,29,31,36H,6,12-13,18-24H2,1-5H3,(H,37,40)(H,42,43)/t29?,31-,36?,47?/m0/s1. The molecule has 0 fully saturated rings. The van der Waals surface area contributed by atoms with Crippen LogP contribution in [0.2, 0.25) is 0 Å². The third-order valence-electron chi connectivity index (χ3n) is 8.26. The van der Waals surface area contributed by atoms with Gasteiger partial charge in [0.1, 0.15) is 6.04 Å². The van der Waals surface area contributed by atoms with E-state index in [2.05, 4.69) is 5.32 Å². The largest absolute Gasteiger partial charge is 0.480 e. The highest BCUT2D eigenvalue weighted by Gasteiger charge is 2.37. The van der Waals surface area contributed by atoms with Crippen LogP contribution in [0.1, 0.15) is 88.2 Å². The lowest BCUT2D eigenvalue weighted by Crippen LogP contribution is -2.45. The number of ether oxygens (including phenoxy) is 1. The van der Waals surface area contributed by atoms with E-state index in [0.29, 0.717) is 44.3 Å². The van der Waals surface area contributed by atoms with E-state index in [1.807, 2.05) is 68.4 Å². The molecule has 2 amide bonds. The fourth-order valence-electron chi connectivity index (χ4n) is 5.63. The second-order valence-corrected chi connectivity index (χ2v) is 15.8. The first-order valence-electron chi connectivity index (χ1n) is 16.7. The van der Waals surface area contributed by atoms with E-state index in [-0.39, 0.29) is 42.9 Å². The number of rotatable bonds is 20. The zero-order chi connectivity index (χ0) is 34.6. The molecular formula is C36H51N2O8P. The van der Waals surface area contributed by atoms with Crippen LogP contribution in [0.15, 0.2) is 54.6 Å². The molecule has 1 aliphatic rings. The molecule has 0 aromatic heterocycles. The minimum Gasteiger partial charge on any atom is -0.480 e. The molecule has 47 heavy (non-hydrogen) atoms. The molecule has 0 spiro atoms. The van der Waals surface area contributed by atoms with Gasteiger partial charge in [-0.25, -0.2) is 4.79 Å². The average molecular weight is 671 g/mol. The van der Waals surface area contributed by atoms with Crippen molar-refractivity contribution in [3.63, 3.8) is 0 Å². The Morgan fingerprint density at radius 3 is 2.30 bits per heavy atom. The number of carboxylic acid groups (broad SMARTS) is 1. The van der Waals surface area contributed by atoms with Gasteiger partial charge in [0, 0.05) is 49.2 Å². The number of hydrogen-bond acceptors (Lipinski definition) is 7. The molecule has 1 heterocycles. The smallest absolute Gasteiger partial charge is 0.326 e. The number of amides is 2. The normalized spacial score (nSPS) is 16.0. The van der Waals surface area contributed by atoms with Gasteiger partial charge in [-0.2, -0.15) is 0 Å². The average Bonchev–Trinajstić information content (AvgIpc) is 3.35. The Morgan fingerprint density at radius 2 is 1.68 bits per heavy atom. The lowest BCUT2D eigenvalue weighted by molar-refractivity contribution is -0.169. The summed E-state index contributed by atoms with van der Waals surface area (Å²) in [7, 11) is -3.65. The number of unbranched alkanes of at least 4 members (excludes halogenated alkanes) is 1. The van der Waals surface area contributed by atoms with Crippen LogP contribution in [0.5, 0.6) is 0 Å². The molecule has 0 aliphatic carbocycles. The highest BCUT2D eigenvalue weighted by Crippen LogP contribution is 2.52. The van der Waals surface area contributed by atoms with Gasteiger partial charge in [-0.1, -0.05) is 83.1 Å². The lowest BCUT2D eigenvalue weighted by Gasteiger charge is -2.30. The molecule has 3 rings (SSSR count). The van der Waals surface area contributed by atoms with Crippen molar-refractivity contribution in [1.82, 2.24) is 10.2 Å². The van der Waals surface area contributed by atoms with Crippen LogP contribution in [-0.4, -0.2) is 65.0 Å². The molecule has 1 aliphatic heterocycles. The van der Waals surface area contributed by atoms with Gasteiger partial charge in [0.2, 0.25) is 19.6 Å². The SMILES string of the molecule is CCC(=O)OC(OP(=O)(CCCCN1Cc2ccccc2C1=O)CC(CCc1ccccc1)C(=O)N[C@@H](CC(C)C)C(=O)O)C(C)C. The van der Waals surface area contributed by atoms with E-state index in [1.165, 1.54) is 0 Å². The summed E-state index contributed by atoms with van der Waals surface area (Å²) in [6.07, 6.45) is 1.11. The van der Waals surface area contributed by atoms with Crippen molar-refractivity contribution in [3.05, 3.63) is 71.3 Å². The molecule has 4 atom stereocenters. The highest BCUT2D eigenvalue weighted by atomic mass is 31.2. The Morgan fingerprint density at radius 1 is 1.00 bits per heavy atom. The predicted octanol–water partition coefficient (Wildman–Crippen LogP) is 6.52. The molecule has 2 N–H and O–H groups in total. The molecule has 0 saturated heterocycles. The van der Waals surface area contributed by atoms with Crippen molar-refractivity contribution >= 4 is 31.1 Å². The van der Waals surface area contributed by atoms with Gasteiger partial charge in [0.15, 0.2) is 0 Å². The third kappa shape index (κ3) is 11.9. The van der Waals surface area contributed by atoms with Crippen LogP contribution < -0.4 is 5.32 Å². The second-order valence-electron chi connectivity index (χ2n) is 13.1. The molecule has 2 aromatic rings. The minimum absolute atomic E-state index is 0.0292. The van der Waals surface area contributed by atoms with Gasteiger partial charge in [0.25, 0.3) is 5.91 Å². The summed E-state index contributed by atoms with van der Waals surface area (Å²) >= 11 is 0. The van der Waals surface area contributed by atoms with Gasteiger partial charge in [-0.3, -0.25) is 23.5 Å². The molecule has 3 unspecified atom stereocenters. The van der Waals surface area contributed by atoms with Gasteiger partial charge in [0.05, 0.1) is 0 Å². The molecule has 0 bridgehead atoms. The van der Waals surface area contributed by atoms with E-state index < -0.39 is 43.5 Å². The van der Waals surface area contributed by atoms with E-state index >= 15 is 0 Å².